The van der Waals surface area contributed by atoms with Crippen LogP contribution in [0.2, 0.25) is 0 Å². The molecular formula is C12H11NO4S. The van der Waals surface area contributed by atoms with Crippen molar-refractivity contribution in [3.8, 4) is 5.75 Å². The SMILES string of the molecule is COc1ccc2c(C(=O)OC(N)=O)c(C)sc2c1. The van der Waals surface area contributed by atoms with Crippen LogP contribution in [0.15, 0.2) is 18.2 Å². The maximum absolute atomic E-state index is 11.8. The average Bonchev–Trinajstić information content (AvgIpc) is 2.62. The Bertz CT molecular complexity index is 632. The maximum atomic E-state index is 11.8. The lowest BCUT2D eigenvalue weighted by Crippen LogP contribution is -2.18. The zero-order valence-corrected chi connectivity index (χ0v) is 10.7. The molecule has 0 radical (unpaired) electrons. The van der Waals surface area contributed by atoms with E-state index in [1.165, 1.54) is 11.3 Å². The van der Waals surface area contributed by atoms with E-state index in [1.54, 1.807) is 26.2 Å². The number of esters is 1. The number of amides is 1. The normalized spacial score (nSPS) is 10.3. The fraction of sp³-hybridized carbons (Fsp3) is 0.167. The van der Waals surface area contributed by atoms with Gasteiger partial charge in [-0.25, -0.2) is 9.59 Å². The summed E-state index contributed by atoms with van der Waals surface area (Å²) in [6.07, 6.45) is -1.10. The maximum Gasteiger partial charge on any atom is 0.412 e. The summed E-state index contributed by atoms with van der Waals surface area (Å²) in [5.41, 5.74) is 5.21. The van der Waals surface area contributed by atoms with Gasteiger partial charge in [-0.3, -0.25) is 0 Å². The zero-order chi connectivity index (χ0) is 13.3. The first-order valence-electron chi connectivity index (χ1n) is 5.11. The Morgan fingerprint density at radius 2 is 2.06 bits per heavy atom. The number of thiophene rings is 1. The van der Waals surface area contributed by atoms with Gasteiger partial charge in [-0.1, -0.05) is 0 Å². The van der Waals surface area contributed by atoms with Crippen molar-refractivity contribution in [2.24, 2.45) is 5.73 Å². The van der Waals surface area contributed by atoms with Gasteiger partial charge >= 0.3 is 12.1 Å². The molecule has 2 aromatic rings. The molecule has 0 atom stereocenters. The molecule has 94 valence electrons. The van der Waals surface area contributed by atoms with Gasteiger partial charge in [0.1, 0.15) is 5.75 Å². The molecule has 0 saturated carbocycles. The lowest BCUT2D eigenvalue weighted by Gasteiger charge is -2.01. The van der Waals surface area contributed by atoms with Crippen molar-refractivity contribution in [1.82, 2.24) is 0 Å². The highest BCUT2D eigenvalue weighted by Gasteiger charge is 2.19. The van der Waals surface area contributed by atoms with Crippen LogP contribution in [0.3, 0.4) is 0 Å². The molecule has 6 heteroatoms. The molecule has 0 saturated heterocycles. The van der Waals surface area contributed by atoms with Gasteiger partial charge in [0.2, 0.25) is 0 Å². The van der Waals surface area contributed by atoms with E-state index in [-0.39, 0.29) is 0 Å². The van der Waals surface area contributed by atoms with E-state index in [4.69, 9.17) is 10.5 Å². The molecule has 18 heavy (non-hydrogen) atoms. The van der Waals surface area contributed by atoms with Crippen molar-refractivity contribution in [3.63, 3.8) is 0 Å². The van der Waals surface area contributed by atoms with Gasteiger partial charge in [-0.2, -0.15) is 0 Å². The number of methoxy groups -OCH3 is 1. The Morgan fingerprint density at radius 3 is 2.67 bits per heavy atom. The summed E-state index contributed by atoms with van der Waals surface area (Å²) < 4.78 is 10.4. The van der Waals surface area contributed by atoms with Gasteiger partial charge in [-0.05, 0) is 25.1 Å². The van der Waals surface area contributed by atoms with E-state index in [0.29, 0.717) is 11.3 Å². The number of hydrogen-bond acceptors (Lipinski definition) is 5. The highest BCUT2D eigenvalue weighted by molar-refractivity contribution is 7.19. The van der Waals surface area contributed by atoms with E-state index in [1.807, 2.05) is 6.07 Å². The van der Waals surface area contributed by atoms with Crippen LogP contribution >= 0.6 is 11.3 Å². The quantitative estimate of drug-likeness (QED) is 0.668. The van der Waals surface area contributed by atoms with Gasteiger partial charge < -0.3 is 15.2 Å². The van der Waals surface area contributed by atoms with Crippen molar-refractivity contribution >= 4 is 33.5 Å². The van der Waals surface area contributed by atoms with Crippen LogP contribution in [0.25, 0.3) is 10.1 Å². The molecule has 0 fully saturated rings. The van der Waals surface area contributed by atoms with Crippen LogP contribution in [0.5, 0.6) is 5.75 Å². The highest BCUT2D eigenvalue weighted by atomic mass is 32.1. The van der Waals surface area contributed by atoms with E-state index >= 15 is 0 Å². The lowest BCUT2D eigenvalue weighted by molar-refractivity contribution is 0.0640. The van der Waals surface area contributed by atoms with Crippen molar-refractivity contribution in [1.29, 1.82) is 0 Å². The monoisotopic (exact) mass is 265 g/mol. The number of aryl methyl sites for hydroxylation is 1. The molecule has 5 nitrogen and oxygen atoms in total. The number of primary amides is 1. The topological polar surface area (TPSA) is 78.6 Å². The standard InChI is InChI=1S/C12H11NO4S/c1-6-10(11(14)17-12(13)15)8-4-3-7(16-2)5-9(8)18-6/h3-5H,1-2H3,(H2,13,15). The molecule has 0 aliphatic rings. The molecular weight excluding hydrogens is 254 g/mol. The number of ether oxygens (including phenoxy) is 2. The van der Waals surface area contributed by atoms with Gasteiger partial charge in [0.05, 0.1) is 12.7 Å². The van der Waals surface area contributed by atoms with E-state index in [9.17, 15) is 9.59 Å². The summed E-state index contributed by atoms with van der Waals surface area (Å²) in [6, 6.07) is 5.33. The number of rotatable bonds is 2. The second-order valence-corrected chi connectivity index (χ2v) is 4.86. The third-order valence-electron chi connectivity index (χ3n) is 2.47. The van der Waals surface area contributed by atoms with Gasteiger partial charge in [-0.15, -0.1) is 11.3 Å². The Kier molecular flexibility index (Phi) is 3.20. The highest BCUT2D eigenvalue weighted by Crippen LogP contribution is 2.33. The Balaban J connectivity index is 2.54. The van der Waals surface area contributed by atoms with Crippen LogP contribution < -0.4 is 10.5 Å². The Labute approximate surface area is 107 Å². The molecule has 1 heterocycles. The Morgan fingerprint density at radius 1 is 1.33 bits per heavy atom. The van der Waals surface area contributed by atoms with Gasteiger partial charge in [0, 0.05) is 15.0 Å². The lowest BCUT2D eigenvalue weighted by atomic mass is 10.1. The summed E-state index contributed by atoms with van der Waals surface area (Å²) in [5.74, 6) is -0.0185. The first kappa shape index (κ1) is 12.4. The molecule has 0 aliphatic carbocycles. The molecule has 0 spiro atoms. The zero-order valence-electron chi connectivity index (χ0n) is 9.85. The summed E-state index contributed by atoms with van der Waals surface area (Å²) in [6.45, 7) is 1.79. The summed E-state index contributed by atoms with van der Waals surface area (Å²) >= 11 is 1.43. The first-order valence-corrected chi connectivity index (χ1v) is 5.93. The molecule has 2 N–H and O–H groups in total. The summed E-state index contributed by atoms with van der Waals surface area (Å²) in [4.78, 5) is 23.1. The van der Waals surface area contributed by atoms with Crippen LogP contribution in [-0.4, -0.2) is 19.2 Å². The van der Waals surface area contributed by atoms with Crippen molar-refractivity contribution in [2.75, 3.05) is 7.11 Å². The molecule has 1 amide bonds. The summed E-state index contributed by atoms with van der Waals surface area (Å²) in [5, 5.41) is 0.726. The predicted molar refractivity (Wildman–Crippen MR) is 68.1 cm³/mol. The first-order chi connectivity index (χ1) is 8.52. The molecule has 0 unspecified atom stereocenters. The second kappa shape index (κ2) is 4.66. The number of hydrogen-bond donors (Lipinski definition) is 1. The number of carbonyl (C=O) groups is 2. The molecule has 0 aliphatic heterocycles. The van der Waals surface area contributed by atoms with E-state index < -0.39 is 12.1 Å². The third-order valence-corrected chi connectivity index (χ3v) is 3.54. The smallest absolute Gasteiger partial charge is 0.412 e. The van der Waals surface area contributed by atoms with E-state index in [2.05, 4.69) is 4.74 Å². The number of carbonyl (C=O) groups excluding carboxylic acids is 2. The largest absolute Gasteiger partial charge is 0.497 e. The van der Waals surface area contributed by atoms with Crippen LogP contribution in [-0.2, 0) is 4.74 Å². The molecule has 1 aromatic heterocycles. The van der Waals surface area contributed by atoms with Crippen LogP contribution in [0.4, 0.5) is 4.79 Å². The predicted octanol–water partition coefficient (Wildman–Crippen LogP) is 2.45. The number of benzene rings is 1. The average molecular weight is 265 g/mol. The molecule has 0 bridgehead atoms. The minimum atomic E-state index is -1.10. The fourth-order valence-corrected chi connectivity index (χ4v) is 2.80. The number of nitrogens with two attached hydrogens (primary N) is 1. The third kappa shape index (κ3) is 2.14. The molecule has 2 rings (SSSR count). The fourth-order valence-electron chi connectivity index (χ4n) is 1.72. The number of fused-ring (bicyclic) bond motifs is 1. The van der Waals surface area contributed by atoms with Gasteiger partial charge in [0.25, 0.3) is 0 Å². The van der Waals surface area contributed by atoms with Crippen molar-refractivity contribution in [3.05, 3.63) is 28.6 Å². The Hall–Kier alpha value is -2.08. The van der Waals surface area contributed by atoms with Crippen LogP contribution in [0.1, 0.15) is 15.2 Å². The van der Waals surface area contributed by atoms with E-state index in [0.717, 1.165) is 15.0 Å². The van der Waals surface area contributed by atoms with Crippen molar-refractivity contribution in [2.45, 2.75) is 6.92 Å². The minimum Gasteiger partial charge on any atom is -0.497 e. The van der Waals surface area contributed by atoms with Gasteiger partial charge in [0.15, 0.2) is 0 Å². The molecule has 1 aromatic carbocycles. The summed E-state index contributed by atoms with van der Waals surface area (Å²) in [7, 11) is 1.57. The van der Waals surface area contributed by atoms with Crippen molar-refractivity contribution < 1.29 is 19.1 Å². The second-order valence-electron chi connectivity index (χ2n) is 3.60. The minimum absolute atomic E-state index is 0.372. The van der Waals surface area contributed by atoms with Crippen LogP contribution in [0, 0.1) is 6.92 Å².